The van der Waals surface area contributed by atoms with Crippen LogP contribution in [-0.2, 0) is 0 Å². The van der Waals surface area contributed by atoms with E-state index in [4.69, 9.17) is 10.2 Å². The molecule has 11 heteroatoms. The Labute approximate surface area is 141 Å². The number of aromatic nitrogens is 5. The molecule has 3 aromatic rings. The molecule has 0 aliphatic carbocycles. The second-order valence-electron chi connectivity index (χ2n) is 5.68. The third kappa shape index (κ3) is 2.79. The molecule has 1 atom stereocenters. The second-order valence-corrected chi connectivity index (χ2v) is 5.68. The molecule has 11 nitrogen and oxygen atoms in total. The number of rotatable bonds is 4. The van der Waals surface area contributed by atoms with Crippen LogP contribution in [-0.4, -0.2) is 59.8 Å². The Morgan fingerprint density at radius 3 is 3.08 bits per heavy atom. The van der Waals surface area contributed by atoms with Crippen LogP contribution >= 0.6 is 0 Å². The zero-order chi connectivity index (χ0) is 17.4. The Balaban J connectivity index is 1.55. The molecule has 1 saturated heterocycles. The highest BCUT2D eigenvalue weighted by atomic mass is 16.4. The number of nitrogen functional groups attached to an aromatic ring is 1. The fraction of sp³-hybridized carbons (Fsp3) is 0.357. The Morgan fingerprint density at radius 1 is 1.44 bits per heavy atom. The van der Waals surface area contributed by atoms with Crippen molar-refractivity contribution in [2.24, 2.45) is 0 Å². The smallest absolute Gasteiger partial charge is 0.407 e. The fourth-order valence-corrected chi connectivity index (χ4v) is 2.90. The van der Waals surface area contributed by atoms with Gasteiger partial charge in [-0.25, -0.2) is 4.79 Å². The number of nitrogens with zero attached hydrogens (tertiary/aromatic N) is 6. The van der Waals surface area contributed by atoms with Crippen molar-refractivity contribution in [1.29, 1.82) is 0 Å². The van der Waals surface area contributed by atoms with E-state index in [0.717, 1.165) is 12.8 Å². The molecule has 0 bridgehead atoms. The van der Waals surface area contributed by atoms with Crippen LogP contribution in [0.3, 0.4) is 0 Å². The van der Waals surface area contributed by atoms with Gasteiger partial charge in [-0.3, -0.25) is 0 Å². The first-order chi connectivity index (χ1) is 12.1. The highest BCUT2D eigenvalue weighted by molar-refractivity contribution is 5.66. The van der Waals surface area contributed by atoms with Gasteiger partial charge in [0.2, 0.25) is 17.7 Å². The average molecular weight is 344 g/mol. The van der Waals surface area contributed by atoms with Crippen LogP contribution in [0, 0.1) is 0 Å². The summed E-state index contributed by atoms with van der Waals surface area (Å²) in [5.41, 5.74) is 5.92. The van der Waals surface area contributed by atoms with Crippen molar-refractivity contribution >= 4 is 23.8 Å². The topological polar surface area (TPSA) is 148 Å². The lowest BCUT2D eigenvalue weighted by Gasteiger charge is -2.21. The number of furan rings is 1. The molecule has 0 saturated carbocycles. The molecular weight excluding hydrogens is 328 g/mol. The number of anilines is 2. The summed E-state index contributed by atoms with van der Waals surface area (Å²) in [6, 6.07) is 3.35. The van der Waals surface area contributed by atoms with Crippen LogP contribution in [0.5, 0.6) is 0 Å². The standard InChI is InChI=1S/C14H16N8O3/c15-11-18-12(16-7-8-3-1-5-21(8)14(23)24)19-13-17-10(20-22(11)13)9-4-2-6-25-9/h2,4,6,8H,1,3,5,7H2,(H,23,24)(H3,15,16,17,18,19,20). The van der Waals surface area contributed by atoms with Crippen molar-refractivity contribution in [2.45, 2.75) is 18.9 Å². The predicted octanol–water partition coefficient (Wildman–Crippen LogP) is 0.916. The van der Waals surface area contributed by atoms with Gasteiger partial charge in [-0.1, -0.05) is 0 Å². The van der Waals surface area contributed by atoms with Gasteiger partial charge in [-0.05, 0) is 25.0 Å². The largest absolute Gasteiger partial charge is 0.465 e. The summed E-state index contributed by atoms with van der Waals surface area (Å²) in [6.45, 7) is 0.946. The molecule has 1 unspecified atom stereocenters. The van der Waals surface area contributed by atoms with E-state index in [9.17, 15) is 9.90 Å². The minimum absolute atomic E-state index is 0.116. The Hall–Kier alpha value is -3.37. The van der Waals surface area contributed by atoms with Crippen LogP contribution in [0.1, 0.15) is 12.8 Å². The number of fused-ring (bicyclic) bond motifs is 1. The van der Waals surface area contributed by atoms with Gasteiger partial charge in [-0.15, -0.1) is 5.10 Å². The number of amides is 1. The predicted molar refractivity (Wildman–Crippen MR) is 86.9 cm³/mol. The number of nitrogens with two attached hydrogens (primary N) is 1. The maximum absolute atomic E-state index is 11.2. The molecule has 1 fully saturated rings. The highest BCUT2D eigenvalue weighted by Gasteiger charge is 2.28. The number of carboxylic acid groups (broad SMARTS) is 1. The van der Waals surface area contributed by atoms with Gasteiger partial charge in [0.25, 0.3) is 5.78 Å². The van der Waals surface area contributed by atoms with Gasteiger partial charge in [0.15, 0.2) is 5.76 Å². The third-order valence-electron chi connectivity index (χ3n) is 4.09. The van der Waals surface area contributed by atoms with E-state index in [2.05, 4.69) is 25.4 Å². The van der Waals surface area contributed by atoms with Gasteiger partial charge < -0.3 is 25.5 Å². The van der Waals surface area contributed by atoms with E-state index in [1.54, 1.807) is 12.1 Å². The molecular formula is C14H16N8O3. The zero-order valence-corrected chi connectivity index (χ0v) is 13.2. The van der Waals surface area contributed by atoms with Gasteiger partial charge in [0, 0.05) is 13.1 Å². The second kappa shape index (κ2) is 5.92. The summed E-state index contributed by atoms with van der Waals surface area (Å²) in [4.78, 5) is 25.3. The maximum Gasteiger partial charge on any atom is 0.407 e. The molecule has 4 N–H and O–H groups in total. The lowest BCUT2D eigenvalue weighted by atomic mass is 10.2. The summed E-state index contributed by atoms with van der Waals surface area (Å²) in [5.74, 6) is 1.54. The van der Waals surface area contributed by atoms with E-state index in [0.29, 0.717) is 24.7 Å². The zero-order valence-electron chi connectivity index (χ0n) is 13.2. The summed E-state index contributed by atoms with van der Waals surface area (Å²) < 4.78 is 6.59. The Kier molecular flexibility index (Phi) is 3.60. The summed E-state index contributed by atoms with van der Waals surface area (Å²) in [5, 5.41) is 16.4. The monoisotopic (exact) mass is 344 g/mol. The van der Waals surface area contributed by atoms with Crippen LogP contribution in [0.4, 0.5) is 16.7 Å². The van der Waals surface area contributed by atoms with Crippen molar-refractivity contribution in [1.82, 2.24) is 29.5 Å². The van der Waals surface area contributed by atoms with Crippen molar-refractivity contribution in [3.05, 3.63) is 18.4 Å². The molecule has 0 aromatic carbocycles. The quantitative estimate of drug-likeness (QED) is 0.628. The van der Waals surface area contributed by atoms with E-state index >= 15 is 0 Å². The van der Waals surface area contributed by atoms with Crippen LogP contribution in [0.25, 0.3) is 17.4 Å². The molecule has 130 valence electrons. The van der Waals surface area contributed by atoms with Crippen molar-refractivity contribution < 1.29 is 14.3 Å². The number of likely N-dealkylation sites (tertiary alicyclic amines) is 1. The average Bonchev–Trinajstić information content (AvgIpc) is 3.31. The van der Waals surface area contributed by atoms with E-state index in [-0.39, 0.29) is 23.7 Å². The van der Waals surface area contributed by atoms with Gasteiger partial charge in [-0.2, -0.15) is 19.5 Å². The lowest BCUT2D eigenvalue weighted by Crippen LogP contribution is -2.38. The van der Waals surface area contributed by atoms with Gasteiger partial charge >= 0.3 is 6.09 Å². The van der Waals surface area contributed by atoms with Gasteiger partial charge in [0.05, 0.1) is 12.3 Å². The van der Waals surface area contributed by atoms with Crippen molar-refractivity contribution in [2.75, 3.05) is 24.1 Å². The van der Waals surface area contributed by atoms with Crippen molar-refractivity contribution in [3.8, 4) is 11.6 Å². The SMILES string of the molecule is Nc1nc(NCC2CCCN2C(=O)O)nc2nc(-c3ccco3)nn12. The number of hydrogen-bond acceptors (Lipinski definition) is 8. The van der Waals surface area contributed by atoms with Gasteiger partial charge in [0.1, 0.15) is 0 Å². The minimum atomic E-state index is -0.916. The van der Waals surface area contributed by atoms with Crippen LogP contribution in [0.15, 0.2) is 22.8 Å². The normalized spacial score (nSPS) is 17.3. The molecule has 0 radical (unpaired) electrons. The molecule has 1 amide bonds. The minimum Gasteiger partial charge on any atom is -0.465 e. The Bertz CT molecular complexity index is 906. The molecule has 1 aliphatic rings. The first kappa shape index (κ1) is 15.2. The summed E-state index contributed by atoms with van der Waals surface area (Å²) >= 11 is 0. The van der Waals surface area contributed by atoms with E-state index in [1.165, 1.54) is 15.7 Å². The molecule has 1 aliphatic heterocycles. The lowest BCUT2D eigenvalue weighted by molar-refractivity contribution is 0.142. The molecule has 0 spiro atoms. The molecule has 3 aromatic heterocycles. The van der Waals surface area contributed by atoms with E-state index < -0.39 is 6.09 Å². The Morgan fingerprint density at radius 2 is 2.32 bits per heavy atom. The number of carbonyl (C=O) groups is 1. The maximum atomic E-state index is 11.2. The fourth-order valence-electron chi connectivity index (χ4n) is 2.90. The third-order valence-corrected chi connectivity index (χ3v) is 4.09. The summed E-state index contributed by atoms with van der Waals surface area (Å²) in [7, 11) is 0. The molecule has 4 rings (SSSR count). The first-order valence-corrected chi connectivity index (χ1v) is 7.79. The first-order valence-electron chi connectivity index (χ1n) is 7.79. The molecule has 4 heterocycles. The van der Waals surface area contributed by atoms with Crippen LogP contribution < -0.4 is 11.1 Å². The summed E-state index contributed by atoms with van der Waals surface area (Å²) in [6.07, 6.45) is 2.25. The highest BCUT2D eigenvalue weighted by Crippen LogP contribution is 2.19. The van der Waals surface area contributed by atoms with Crippen molar-refractivity contribution in [3.63, 3.8) is 0 Å². The van der Waals surface area contributed by atoms with Crippen LogP contribution in [0.2, 0.25) is 0 Å². The number of hydrogen-bond donors (Lipinski definition) is 3. The number of nitrogens with one attached hydrogen (secondary N) is 1. The van der Waals surface area contributed by atoms with E-state index in [1.807, 2.05) is 0 Å². The molecule has 25 heavy (non-hydrogen) atoms.